The van der Waals surface area contributed by atoms with Gasteiger partial charge in [0.05, 0.1) is 16.2 Å². The zero-order valence-electron chi connectivity index (χ0n) is 11.3. The van der Waals surface area contributed by atoms with Gasteiger partial charge < -0.3 is 5.32 Å². The van der Waals surface area contributed by atoms with Gasteiger partial charge in [0.15, 0.2) is 0 Å². The molecular weight excluding hydrogens is 323 g/mol. The largest absolute Gasteiger partial charge is 0.348 e. The average Bonchev–Trinajstić information content (AvgIpc) is 2.24. The number of amides is 1. The molecule has 0 fully saturated rings. The maximum atomic E-state index is 13.7. The maximum Gasteiger partial charge on any atom is 0.254 e. The van der Waals surface area contributed by atoms with E-state index in [-0.39, 0.29) is 5.75 Å². The summed E-state index contributed by atoms with van der Waals surface area (Å²) in [5, 5.41) is 7.15. The van der Waals surface area contributed by atoms with Gasteiger partial charge in [-0.15, -0.1) is 0 Å². The third kappa shape index (κ3) is 5.40. The second-order valence-corrected chi connectivity index (χ2v) is 8.40. The van der Waals surface area contributed by atoms with Gasteiger partial charge in [-0.3, -0.25) is 4.79 Å². The lowest BCUT2D eigenvalue weighted by atomic mass is 10.2. The van der Waals surface area contributed by atoms with Crippen LogP contribution >= 0.6 is 0 Å². The van der Waals surface area contributed by atoms with Crippen molar-refractivity contribution in [2.75, 3.05) is 12.0 Å². The highest BCUT2D eigenvalue weighted by Gasteiger charge is 2.19. The summed E-state index contributed by atoms with van der Waals surface area (Å²) in [5.74, 6) is -2.20. The first-order chi connectivity index (χ1) is 9.40. The van der Waals surface area contributed by atoms with E-state index in [9.17, 15) is 26.0 Å². The summed E-state index contributed by atoms with van der Waals surface area (Å²) >= 11 is 0. The average molecular weight is 338 g/mol. The molecule has 0 spiro atoms. The molecule has 1 aromatic carbocycles. The molecule has 0 aliphatic rings. The van der Waals surface area contributed by atoms with Crippen LogP contribution in [0.3, 0.4) is 0 Å². The number of hydrogen-bond acceptors (Lipinski definition) is 5. The number of sulfonamides is 1. The van der Waals surface area contributed by atoms with Crippen LogP contribution in [0.4, 0.5) is 4.39 Å². The van der Waals surface area contributed by atoms with Crippen molar-refractivity contribution in [2.45, 2.75) is 17.9 Å². The zero-order chi connectivity index (χ0) is 16.4. The molecule has 0 aliphatic heterocycles. The Balaban J connectivity index is 2.94. The lowest BCUT2D eigenvalue weighted by Crippen LogP contribution is -2.37. The molecule has 1 amide bonds. The Bertz CT molecular complexity index is 759. The molecule has 1 aromatic rings. The second kappa shape index (κ2) is 6.08. The minimum atomic E-state index is -4.07. The summed E-state index contributed by atoms with van der Waals surface area (Å²) in [5.41, 5.74) is -0.400. The molecular formula is C11H15FN2O5S2. The van der Waals surface area contributed by atoms with Crippen LogP contribution in [0.5, 0.6) is 0 Å². The molecule has 0 aromatic heterocycles. The first-order valence-electron chi connectivity index (χ1n) is 5.71. The number of benzene rings is 1. The van der Waals surface area contributed by atoms with Gasteiger partial charge in [0.25, 0.3) is 5.91 Å². The molecule has 118 valence electrons. The molecule has 0 heterocycles. The molecule has 0 saturated heterocycles. The van der Waals surface area contributed by atoms with Crippen LogP contribution in [0, 0.1) is 5.82 Å². The predicted octanol–water partition coefficient (Wildman–Crippen LogP) is -0.364. The molecule has 1 rings (SSSR count). The minimum absolute atomic E-state index is 0.296. The smallest absolute Gasteiger partial charge is 0.254 e. The molecule has 21 heavy (non-hydrogen) atoms. The summed E-state index contributed by atoms with van der Waals surface area (Å²) in [7, 11) is -7.36. The van der Waals surface area contributed by atoms with Crippen LogP contribution in [-0.4, -0.2) is 40.8 Å². The van der Waals surface area contributed by atoms with E-state index in [0.29, 0.717) is 6.07 Å². The first-order valence-corrected chi connectivity index (χ1v) is 9.32. The minimum Gasteiger partial charge on any atom is -0.348 e. The Kier molecular flexibility index (Phi) is 5.07. The van der Waals surface area contributed by atoms with E-state index >= 15 is 0 Å². The predicted molar refractivity (Wildman–Crippen MR) is 74.4 cm³/mol. The standard InChI is InChI=1S/C11H15FN2O5S2/c1-7(6-20(2,16)17)14-11(15)9-4-3-8(5-10(9)12)21(13,18)19/h3-5,7H,6H2,1-2H3,(H,14,15)(H2,13,18,19). The van der Waals surface area contributed by atoms with Crippen molar-refractivity contribution in [1.29, 1.82) is 0 Å². The highest BCUT2D eigenvalue weighted by atomic mass is 32.2. The van der Waals surface area contributed by atoms with Crippen LogP contribution < -0.4 is 10.5 Å². The fraction of sp³-hybridized carbons (Fsp3) is 0.364. The van der Waals surface area contributed by atoms with E-state index < -0.39 is 48.1 Å². The molecule has 7 nitrogen and oxygen atoms in total. The van der Waals surface area contributed by atoms with Crippen molar-refractivity contribution in [1.82, 2.24) is 5.32 Å². The van der Waals surface area contributed by atoms with E-state index in [1.54, 1.807) is 0 Å². The van der Waals surface area contributed by atoms with Gasteiger partial charge in [-0.05, 0) is 25.1 Å². The van der Waals surface area contributed by atoms with E-state index in [1.165, 1.54) is 6.92 Å². The lowest BCUT2D eigenvalue weighted by Gasteiger charge is -2.13. The maximum absolute atomic E-state index is 13.7. The van der Waals surface area contributed by atoms with Crippen molar-refractivity contribution in [3.05, 3.63) is 29.6 Å². The topological polar surface area (TPSA) is 123 Å². The van der Waals surface area contributed by atoms with Crippen molar-refractivity contribution in [3.63, 3.8) is 0 Å². The number of sulfone groups is 1. The zero-order valence-corrected chi connectivity index (χ0v) is 13.0. The Morgan fingerprint density at radius 1 is 1.33 bits per heavy atom. The Morgan fingerprint density at radius 2 is 1.90 bits per heavy atom. The highest BCUT2D eigenvalue weighted by Crippen LogP contribution is 2.14. The van der Waals surface area contributed by atoms with Crippen LogP contribution in [0.15, 0.2) is 23.1 Å². The van der Waals surface area contributed by atoms with Gasteiger partial charge in [-0.2, -0.15) is 0 Å². The lowest BCUT2D eigenvalue weighted by molar-refractivity contribution is 0.0939. The summed E-state index contributed by atoms with van der Waals surface area (Å²) in [4.78, 5) is 11.3. The summed E-state index contributed by atoms with van der Waals surface area (Å²) in [6.45, 7) is 1.45. The summed E-state index contributed by atoms with van der Waals surface area (Å²) in [6, 6.07) is 1.88. The van der Waals surface area contributed by atoms with Crippen LogP contribution in [0.25, 0.3) is 0 Å². The molecule has 0 saturated carbocycles. The number of hydrogen-bond donors (Lipinski definition) is 2. The molecule has 0 aliphatic carbocycles. The number of halogens is 1. The molecule has 3 N–H and O–H groups in total. The van der Waals surface area contributed by atoms with Crippen molar-refractivity contribution < 1.29 is 26.0 Å². The fourth-order valence-electron chi connectivity index (χ4n) is 1.65. The third-order valence-corrected chi connectivity index (χ3v) is 4.46. The monoisotopic (exact) mass is 338 g/mol. The number of primary sulfonamides is 1. The van der Waals surface area contributed by atoms with E-state index in [4.69, 9.17) is 5.14 Å². The Labute approximate surface area is 122 Å². The van der Waals surface area contributed by atoms with Crippen LogP contribution in [-0.2, 0) is 19.9 Å². The highest BCUT2D eigenvalue weighted by molar-refractivity contribution is 7.90. The Morgan fingerprint density at radius 3 is 2.33 bits per heavy atom. The molecule has 10 heteroatoms. The van der Waals surface area contributed by atoms with Crippen molar-refractivity contribution in [2.24, 2.45) is 5.14 Å². The number of rotatable bonds is 5. The van der Waals surface area contributed by atoms with Gasteiger partial charge in [-0.1, -0.05) is 0 Å². The van der Waals surface area contributed by atoms with Crippen molar-refractivity contribution >= 4 is 25.8 Å². The van der Waals surface area contributed by atoms with Gasteiger partial charge in [0, 0.05) is 12.3 Å². The fourth-order valence-corrected chi connectivity index (χ4v) is 3.17. The second-order valence-electron chi connectivity index (χ2n) is 4.65. The van der Waals surface area contributed by atoms with Gasteiger partial charge in [0.1, 0.15) is 15.7 Å². The quantitative estimate of drug-likeness (QED) is 0.758. The number of carbonyl (C=O) groups is 1. The van der Waals surface area contributed by atoms with Crippen LogP contribution in [0.1, 0.15) is 17.3 Å². The van der Waals surface area contributed by atoms with E-state index in [1.807, 2.05) is 0 Å². The van der Waals surface area contributed by atoms with Gasteiger partial charge in [0.2, 0.25) is 10.0 Å². The van der Waals surface area contributed by atoms with Crippen LogP contribution in [0.2, 0.25) is 0 Å². The van der Waals surface area contributed by atoms with Gasteiger partial charge >= 0.3 is 0 Å². The summed E-state index contributed by atoms with van der Waals surface area (Å²) in [6.07, 6.45) is 1.01. The summed E-state index contributed by atoms with van der Waals surface area (Å²) < 4.78 is 58.0. The van der Waals surface area contributed by atoms with Gasteiger partial charge in [-0.25, -0.2) is 26.4 Å². The number of carbonyl (C=O) groups excluding carboxylic acids is 1. The molecule has 0 bridgehead atoms. The normalized spacial score (nSPS) is 13.7. The van der Waals surface area contributed by atoms with E-state index in [0.717, 1.165) is 18.4 Å². The van der Waals surface area contributed by atoms with E-state index in [2.05, 4.69) is 5.32 Å². The van der Waals surface area contributed by atoms with Crippen molar-refractivity contribution in [3.8, 4) is 0 Å². The molecule has 0 radical (unpaired) electrons. The number of nitrogens with two attached hydrogens (primary N) is 1. The first kappa shape index (κ1) is 17.5. The molecule has 1 unspecified atom stereocenters. The Hall–Kier alpha value is -1.52. The number of nitrogens with one attached hydrogen (secondary N) is 1. The SMILES string of the molecule is CC(CS(C)(=O)=O)NC(=O)c1ccc(S(N)(=O)=O)cc1F. The molecule has 1 atom stereocenters. The third-order valence-electron chi connectivity index (χ3n) is 2.44.